The minimum Gasteiger partial charge on any atom is -0.491 e. The van der Waals surface area contributed by atoms with Gasteiger partial charge < -0.3 is 19.9 Å². The van der Waals surface area contributed by atoms with Gasteiger partial charge >= 0.3 is 0 Å². The lowest BCUT2D eigenvalue weighted by Gasteiger charge is -2.35. The Balaban J connectivity index is 1.02. The number of piperazine rings is 1. The van der Waals surface area contributed by atoms with Crippen molar-refractivity contribution in [2.45, 2.75) is 38.6 Å². The third-order valence-corrected chi connectivity index (χ3v) is 8.31. The first kappa shape index (κ1) is 25.9. The van der Waals surface area contributed by atoms with Gasteiger partial charge in [0.1, 0.15) is 17.8 Å². The predicted octanol–water partition coefficient (Wildman–Crippen LogP) is 3.89. The van der Waals surface area contributed by atoms with E-state index in [4.69, 9.17) is 9.72 Å². The van der Waals surface area contributed by atoms with Crippen LogP contribution in [-0.2, 0) is 17.8 Å². The Morgan fingerprint density at radius 3 is 2.68 bits per heavy atom. The summed E-state index contributed by atoms with van der Waals surface area (Å²) >= 11 is 0. The molecule has 1 saturated heterocycles. The van der Waals surface area contributed by atoms with Crippen LogP contribution in [0.4, 0.5) is 5.82 Å². The van der Waals surface area contributed by atoms with E-state index in [2.05, 4.69) is 48.4 Å². The highest BCUT2D eigenvalue weighted by atomic mass is 16.5. The van der Waals surface area contributed by atoms with E-state index in [-0.39, 0.29) is 0 Å². The van der Waals surface area contributed by atoms with Gasteiger partial charge in [-0.2, -0.15) is 0 Å². The number of aromatic amines is 1. The van der Waals surface area contributed by atoms with Crippen molar-refractivity contribution in [1.82, 2.24) is 34.7 Å². The number of rotatable bonds is 10. The summed E-state index contributed by atoms with van der Waals surface area (Å²) < 4.78 is 5.73. The third kappa shape index (κ3) is 5.88. The van der Waals surface area contributed by atoms with E-state index in [0.717, 1.165) is 97.7 Å². The van der Waals surface area contributed by atoms with E-state index >= 15 is 0 Å². The summed E-state index contributed by atoms with van der Waals surface area (Å²) in [5.41, 5.74) is 5.76. The number of amides is 1. The van der Waals surface area contributed by atoms with Crippen molar-refractivity contribution in [3.8, 4) is 17.0 Å². The van der Waals surface area contributed by atoms with Gasteiger partial charge in [-0.3, -0.25) is 14.7 Å². The molecular formula is C31H36N8O2. The zero-order chi connectivity index (χ0) is 27.8. The van der Waals surface area contributed by atoms with Crippen LogP contribution in [0.25, 0.3) is 22.3 Å². The first-order valence-corrected chi connectivity index (χ1v) is 14.7. The lowest BCUT2D eigenvalue weighted by molar-refractivity contribution is -0.134. The number of carbonyl (C=O) groups excluding carboxylic acids is 1. The van der Waals surface area contributed by atoms with Crippen molar-refractivity contribution in [2.75, 3.05) is 45.2 Å². The first-order valence-electron chi connectivity index (χ1n) is 14.7. The van der Waals surface area contributed by atoms with Gasteiger partial charge in [0.25, 0.3) is 0 Å². The molecule has 0 atom stereocenters. The van der Waals surface area contributed by atoms with Crippen LogP contribution < -0.4 is 10.1 Å². The highest BCUT2D eigenvalue weighted by molar-refractivity contribution is 5.84. The topological polar surface area (TPSA) is 112 Å². The minimum atomic E-state index is 0.302. The molecule has 41 heavy (non-hydrogen) atoms. The molecule has 0 radical (unpaired) electrons. The number of aromatic nitrogens is 5. The molecule has 1 aliphatic heterocycles. The Hall–Kier alpha value is -4.05. The number of imidazole rings is 1. The monoisotopic (exact) mass is 552 g/mol. The number of methoxy groups -OCH3 is 1. The minimum absolute atomic E-state index is 0.302. The van der Waals surface area contributed by atoms with Crippen molar-refractivity contribution < 1.29 is 9.53 Å². The Labute approximate surface area is 239 Å². The third-order valence-electron chi connectivity index (χ3n) is 8.31. The van der Waals surface area contributed by atoms with E-state index in [1.807, 2.05) is 23.2 Å². The number of nitrogens with zero attached hydrogens (tertiary/aromatic N) is 6. The molecule has 7 rings (SSSR count). The summed E-state index contributed by atoms with van der Waals surface area (Å²) in [6, 6.07) is 10.4. The quantitative estimate of drug-likeness (QED) is 0.305. The highest BCUT2D eigenvalue weighted by Gasteiger charge is 2.34. The molecule has 4 heterocycles. The van der Waals surface area contributed by atoms with Gasteiger partial charge in [0.2, 0.25) is 5.91 Å². The number of pyridine rings is 1. The number of nitrogens with one attached hydrogen (secondary N) is 2. The fourth-order valence-corrected chi connectivity index (χ4v) is 5.62. The molecule has 10 nitrogen and oxygen atoms in total. The number of hydrogen-bond acceptors (Lipinski definition) is 8. The van der Waals surface area contributed by atoms with E-state index in [0.29, 0.717) is 24.0 Å². The molecule has 2 aliphatic carbocycles. The molecular weight excluding hydrogens is 516 g/mol. The average Bonchev–Trinajstić information content (AvgIpc) is 3.93. The molecule has 2 saturated carbocycles. The SMILES string of the molecule is COc1c(NCC2CC2)ncnc1-c1ccc2nc(Cc3cc(CN4CCN(C(=O)C5CC5)CC4)ccn3)[nH]c2c1. The zero-order valence-corrected chi connectivity index (χ0v) is 23.5. The maximum absolute atomic E-state index is 12.4. The second kappa shape index (κ2) is 11.1. The van der Waals surface area contributed by atoms with Crippen molar-refractivity contribution in [2.24, 2.45) is 11.8 Å². The molecule has 0 spiro atoms. The first-order chi connectivity index (χ1) is 20.1. The number of carbonyl (C=O) groups is 1. The normalized spacial score (nSPS) is 17.6. The van der Waals surface area contributed by atoms with Gasteiger partial charge in [0.05, 0.1) is 18.1 Å². The van der Waals surface area contributed by atoms with Gasteiger partial charge in [-0.15, -0.1) is 0 Å². The molecule has 1 amide bonds. The zero-order valence-electron chi connectivity index (χ0n) is 23.5. The molecule has 4 aromatic rings. The molecule has 10 heteroatoms. The van der Waals surface area contributed by atoms with Crippen LogP contribution in [0.3, 0.4) is 0 Å². The summed E-state index contributed by atoms with van der Waals surface area (Å²) in [7, 11) is 1.66. The van der Waals surface area contributed by atoms with E-state index in [1.54, 1.807) is 13.4 Å². The lowest BCUT2D eigenvalue weighted by atomic mass is 10.1. The summed E-state index contributed by atoms with van der Waals surface area (Å²) in [5.74, 6) is 3.65. The van der Waals surface area contributed by atoms with Crippen LogP contribution in [-0.4, -0.2) is 80.5 Å². The molecule has 0 bridgehead atoms. The van der Waals surface area contributed by atoms with Crippen molar-refractivity contribution >= 4 is 22.8 Å². The van der Waals surface area contributed by atoms with E-state index in [1.165, 1.54) is 18.4 Å². The maximum Gasteiger partial charge on any atom is 0.225 e. The van der Waals surface area contributed by atoms with Crippen LogP contribution in [0.2, 0.25) is 0 Å². The predicted molar refractivity (Wildman–Crippen MR) is 157 cm³/mol. The Morgan fingerprint density at radius 2 is 1.90 bits per heavy atom. The molecule has 1 aromatic carbocycles. The smallest absolute Gasteiger partial charge is 0.225 e. The van der Waals surface area contributed by atoms with E-state index in [9.17, 15) is 4.79 Å². The fraction of sp³-hybridized carbons (Fsp3) is 0.452. The summed E-state index contributed by atoms with van der Waals surface area (Å²) in [5, 5.41) is 3.43. The van der Waals surface area contributed by atoms with Crippen molar-refractivity contribution in [3.05, 3.63) is 59.9 Å². The highest BCUT2D eigenvalue weighted by Crippen LogP contribution is 2.36. The average molecular weight is 553 g/mol. The standard InChI is InChI=1S/C31H36N8O2/c1-41-29-28(34-19-35-30(29)33-17-20-2-3-20)23-6-7-25-26(15-23)37-27(36-25)16-24-14-21(8-9-32-24)18-38-10-12-39(13-11-38)31(40)22-4-5-22/h6-9,14-15,19-20,22H,2-5,10-13,16-18H2,1H3,(H,36,37)(H,33,34,35). The second-order valence-electron chi connectivity index (χ2n) is 11.6. The number of anilines is 1. The molecule has 2 N–H and O–H groups in total. The summed E-state index contributed by atoms with van der Waals surface area (Å²) in [6.45, 7) is 5.25. The van der Waals surface area contributed by atoms with Crippen LogP contribution in [0, 0.1) is 11.8 Å². The molecule has 212 valence electrons. The second-order valence-corrected chi connectivity index (χ2v) is 11.6. The van der Waals surface area contributed by atoms with E-state index < -0.39 is 0 Å². The number of benzene rings is 1. The number of ether oxygens (including phenoxy) is 1. The lowest BCUT2D eigenvalue weighted by Crippen LogP contribution is -2.48. The Kier molecular flexibility index (Phi) is 7.00. The Morgan fingerprint density at radius 1 is 1.05 bits per heavy atom. The number of hydrogen-bond donors (Lipinski definition) is 2. The molecule has 3 fully saturated rings. The summed E-state index contributed by atoms with van der Waals surface area (Å²) in [6.07, 6.45) is 8.77. The fourth-order valence-electron chi connectivity index (χ4n) is 5.62. The van der Waals surface area contributed by atoms with Crippen molar-refractivity contribution in [3.63, 3.8) is 0 Å². The van der Waals surface area contributed by atoms with Crippen LogP contribution in [0.15, 0.2) is 42.9 Å². The van der Waals surface area contributed by atoms with Gasteiger partial charge in [-0.1, -0.05) is 6.07 Å². The van der Waals surface area contributed by atoms with Crippen LogP contribution in [0.5, 0.6) is 5.75 Å². The van der Waals surface area contributed by atoms with Crippen LogP contribution >= 0.6 is 0 Å². The molecule has 3 aliphatic rings. The van der Waals surface area contributed by atoms with Crippen LogP contribution in [0.1, 0.15) is 42.8 Å². The summed E-state index contributed by atoms with van der Waals surface area (Å²) in [4.78, 5) is 38.7. The van der Waals surface area contributed by atoms with Crippen molar-refractivity contribution in [1.29, 1.82) is 0 Å². The largest absolute Gasteiger partial charge is 0.491 e. The Bertz CT molecular complexity index is 1550. The molecule has 0 unspecified atom stereocenters. The van der Waals surface area contributed by atoms with Gasteiger partial charge in [0.15, 0.2) is 11.6 Å². The van der Waals surface area contributed by atoms with Gasteiger partial charge in [-0.25, -0.2) is 15.0 Å². The van der Waals surface area contributed by atoms with Gasteiger partial charge in [-0.05, 0) is 61.4 Å². The number of fused-ring (bicyclic) bond motifs is 1. The molecule has 3 aromatic heterocycles. The number of H-pyrrole nitrogens is 1. The maximum atomic E-state index is 12.4. The van der Waals surface area contributed by atoms with Gasteiger partial charge in [0, 0.05) is 69.1 Å².